The minimum atomic E-state index is -0.167. The van der Waals surface area contributed by atoms with Crippen LogP contribution in [0.15, 0.2) is 18.2 Å². The lowest BCUT2D eigenvalue weighted by Gasteiger charge is -2.13. The maximum absolute atomic E-state index is 12.0. The van der Waals surface area contributed by atoms with Crippen molar-refractivity contribution in [1.29, 1.82) is 0 Å². The molecule has 20 heavy (non-hydrogen) atoms. The van der Waals surface area contributed by atoms with Crippen molar-refractivity contribution in [2.24, 2.45) is 0 Å². The fourth-order valence-corrected chi connectivity index (χ4v) is 2.24. The molecule has 108 valence electrons. The van der Waals surface area contributed by atoms with Crippen LogP contribution in [0.3, 0.4) is 0 Å². The summed E-state index contributed by atoms with van der Waals surface area (Å²) in [6, 6.07) is 4.87. The maximum Gasteiger partial charge on any atom is 0.241 e. The van der Waals surface area contributed by atoms with Gasteiger partial charge in [0.1, 0.15) is 0 Å². The van der Waals surface area contributed by atoms with Gasteiger partial charge >= 0.3 is 0 Å². The summed E-state index contributed by atoms with van der Waals surface area (Å²) in [7, 11) is 0. The molecule has 1 aliphatic heterocycles. The Balaban J connectivity index is 2.07. The van der Waals surface area contributed by atoms with E-state index in [1.54, 1.807) is 25.1 Å². The van der Waals surface area contributed by atoms with E-state index in [0.717, 1.165) is 19.4 Å². The molecule has 1 saturated heterocycles. The minimum absolute atomic E-state index is 0.0814. The Kier molecular flexibility index (Phi) is 4.98. The predicted octanol–water partition coefficient (Wildman–Crippen LogP) is 2.38. The molecular formula is C14H18ClN3O2. The third kappa shape index (κ3) is 3.71. The van der Waals surface area contributed by atoms with Crippen LogP contribution in [0, 0.1) is 0 Å². The highest BCUT2D eigenvalue weighted by Gasteiger charge is 2.22. The molecule has 0 spiro atoms. The van der Waals surface area contributed by atoms with Gasteiger partial charge in [0, 0.05) is 12.1 Å². The lowest BCUT2D eigenvalue weighted by molar-refractivity contribution is -0.118. The molecule has 1 aromatic carbocycles. The third-order valence-corrected chi connectivity index (χ3v) is 3.54. The number of hydrogen-bond donors (Lipinski definition) is 3. The molecule has 1 atom stereocenters. The first-order chi connectivity index (χ1) is 9.60. The van der Waals surface area contributed by atoms with Crippen molar-refractivity contribution in [1.82, 2.24) is 5.32 Å². The van der Waals surface area contributed by atoms with Gasteiger partial charge in [-0.3, -0.25) is 9.59 Å². The van der Waals surface area contributed by atoms with Gasteiger partial charge in [0.15, 0.2) is 0 Å². The number of halogens is 1. The summed E-state index contributed by atoms with van der Waals surface area (Å²) < 4.78 is 0. The quantitative estimate of drug-likeness (QED) is 0.799. The Morgan fingerprint density at radius 1 is 1.40 bits per heavy atom. The van der Waals surface area contributed by atoms with E-state index < -0.39 is 0 Å². The Labute approximate surface area is 123 Å². The fraction of sp³-hybridized carbons (Fsp3) is 0.429. The third-order valence-electron chi connectivity index (χ3n) is 3.21. The van der Waals surface area contributed by atoms with Gasteiger partial charge in [-0.05, 0) is 37.6 Å². The Hall–Kier alpha value is -1.59. The van der Waals surface area contributed by atoms with E-state index in [4.69, 9.17) is 11.6 Å². The smallest absolute Gasteiger partial charge is 0.241 e. The van der Waals surface area contributed by atoms with E-state index in [-0.39, 0.29) is 17.9 Å². The molecule has 0 radical (unpaired) electrons. The predicted molar refractivity (Wildman–Crippen MR) is 80.0 cm³/mol. The number of nitrogens with one attached hydrogen (secondary N) is 3. The number of hydrogen-bond acceptors (Lipinski definition) is 3. The average Bonchev–Trinajstić information content (AvgIpc) is 2.96. The van der Waals surface area contributed by atoms with Crippen LogP contribution in [-0.4, -0.2) is 24.4 Å². The van der Waals surface area contributed by atoms with Gasteiger partial charge in [-0.15, -0.1) is 0 Å². The zero-order chi connectivity index (χ0) is 14.5. The van der Waals surface area contributed by atoms with Gasteiger partial charge in [-0.1, -0.05) is 18.5 Å². The van der Waals surface area contributed by atoms with Crippen molar-refractivity contribution in [3.63, 3.8) is 0 Å². The average molecular weight is 296 g/mol. The van der Waals surface area contributed by atoms with Crippen molar-refractivity contribution in [2.45, 2.75) is 32.2 Å². The molecule has 1 aromatic rings. The zero-order valence-electron chi connectivity index (χ0n) is 11.3. The number of carbonyl (C=O) groups is 2. The molecule has 0 aliphatic carbocycles. The van der Waals surface area contributed by atoms with Crippen LogP contribution in [-0.2, 0) is 9.59 Å². The van der Waals surface area contributed by atoms with Crippen LogP contribution in [0.25, 0.3) is 0 Å². The summed E-state index contributed by atoms with van der Waals surface area (Å²) >= 11 is 6.07. The van der Waals surface area contributed by atoms with Crippen molar-refractivity contribution in [3.05, 3.63) is 23.2 Å². The Morgan fingerprint density at radius 3 is 2.85 bits per heavy atom. The molecule has 3 N–H and O–H groups in total. The highest BCUT2D eigenvalue weighted by molar-refractivity contribution is 6.34. The first-order valence-electron chi connectivity index (χ1n) is 6.74. The van der Waals surface area contributed by atoms with Gasteiger partial charge in [0.2, 0.25) is 11.8 Å². The van der Waals surface area contributed by atoms with E-state index in [9.17, 15) is 9.59 Å². The highest BCUT2D eigenvalue weighted by atomic mass is 35.5. The maximum atomic E-state index is 12.0. The second-order valence-electron chi connectivity index (χ2n) is 4.73. The summed E-state index contributed by atoms with van der Waals surface area (Å²) in [4.78, 5) is 23.4. The van der Waals surface area contributed by atoms with Crippen LogP contribution >= 0.6 is 11.6 Å². The zero-order valence-corrected chi connectivity index (χ0v) is 12.1. The Morgan fingerprint density at radius 2 is 2.20 bits per heavy atom. The van der Waals surface area contributed by atoms with Crippen LogP contribution in [0.2, 0.25) is 5.02 Å². The number of rotatable bonds is 4. The normalized spacial score (nSPS) is 17.8. The molecule has 0 saturated carbocycles. The van der Waals surface area contributed by atoms with Gasteiger partial charge < -0.3 is 16.0 Å². The van der Waals surface area contributed by atoms with Crippen molar-refractivity contribution in [2.75, 3.05) is 17.2 Å². The number of carbonyl (C=O) groups excluding carboxylic acids is 2. The van der Waals surface area contributed by atoms with E-state index in [0.29, 0.717) is 22.8 Å². The van der Waals surface area contributed by atoms with E-state index in [1.807, 2.05) is 0 Å². The summed E-state index contributed by atoms with van der Waals surface area (Å²) in [5.41, 5.74) is 1.13. The fourth-order valence-electron chi connectivity index (χ4n) is 2.08. The van der Waals surface area contributed by atoms with E-state index in [2.05, 4.69) is 16.0 Å². The van der Waals surface area contributed by atoms with Crippen LogP contribution in [0.1, 0.15) is 26.2 Å². The summed E-state index contributed by atoms with van der Waals surface area (Å²) in [6.45, 7) is 2.64. The van der Waals surface area contributed by atoms with Gasteiger partial charge in [0.25, 0.3) is 0 Å². The van der Waals surface area contributed by atoms with Gasteiger partial charge in [-0.25, -0.2) is 0 Å². The molecule has 1 aliphatic rings. The molecule has 2 rings (SSSR count). The van der Waals surface area contributed by atoms with Crippen molar-refractivity contribution >= 4 is 34.8 Å². The standard InChI is InChI=1S/C14H18ClN3O2/c1-2-13(19)17-9-5-6-10(15)12(8-9)18-14(20)11-4-3-7-16-11/h5-6,8,11,16H,2-4,7H2,1H3,(H,17,19)(H,18,20)/t11-/m0/s1. The van der Waals surface area contributed by atoms with Crippen molar-refractivity contribution in [3.8, 4) is 0 Å². The molecule has 1 fully saturated rings. The summed E-state index contributed by atoms with van der Waals surface area (Å²) in [6.07, 6.45) is 2.23. The topological polar surface area (TPSA) is 70.2 Å². The molecule has 2 amide bonds. The van der Waals surface area contributed by atoms with Crippen LogP contribution in [0.5, 0.6) is 0 Å². The lowest BCUT2D eigenvalue weighted by atomic mass is 10.2. The van der Waals surface area contributed by atoms with Gasteiger partial charge in [-0.2, -0.15) is 0 Å². The Bertz CT molecular complexity index is 513. The van der Waals surface area contributed by atoms with Crippen LogP contribution < -0.4 is 16.0 Å². The molecule has 0 bridgehead atoms. The largest absolute Gasteiger partial charge is 0.326 e. The molecule has 5 nitrogen and oxygen atoms in total. The van der Waals surface area contributed by atoms with E-state index >= 15 is 0 Å². The summed E-state index contributed by atoms with van der Waals surface area (Å²) in [5, 5.41) is 9.11. The minimum Gasteiger partial charge on any atom is -0.326 e. The van der Waals surface area contributed by atoms with Crippen LogP contribution in [0.4, 0.5) is 11.4 Å². The first-order valence-corrected chi connectivity index (χ1v) is 7.11. The molecule has 0 unspecified atom stereocenters. The summed E-state index contributed by atoms with van der Waals surface area (Å²) in [5.74, 6) is -0.176. The second kappa shape index (κ2) is 6.72. The van der Waals surface area contributed by atoms with Gasteiger partial charge in [0.05, 0.1) is 16.8 Å². The highest BCUT2D eigenvalue weighted by Crippen LogP contribution is 2.26. The monoisotopic (exact) mass is 295 g/mol. The molecule has 1 heterocycles. The number of benzene rings is 1. The molecular weight excluding hydrogens is 278 g/mol. The molecule has 6 heteroatoms. The lowest BCUT2D eigenvalue weighted by Crippen LogP contribution is -2.35. The van der Waals surface area contributed by atoms with Crippen molar-refractivity contribution < 1.29 is 9.59 Å². The SMILES string of the molecule is CCC(=O)Nc1ccc(Cl)c(NC(=O)[C@@H]2CCCN2)c1. The number of anilines is 2. The first kappa shape index (κ1) is 14.8. The number of amides is 2. The molecule has 0 aromatic heterocycles. The van der Waals surface area contributed by atoms with E-state index in [1.165, 1.54) is 0 Å². The second-order valence-corrected chi connectivity index (χ2v) is 5.14.